The van der Waals surface area contributed by atoms with Crippen LogP contribution in [-0.4, -0.2) is 19.4 Å². The molecule has 0 aromatic heterocycles. The lowest BCUT2D eigenvalue weighted by molar-refractivity contribution is 0.102. The third-order valence-corrected chi connectivity index (χ3v) is 2.93. The Balaban J connectivity index is 0.000000980. The summed E-state index contributed by atoms with van der Waals surface area (Å²) in [5.41, 5.74) is 1.29. The molecule has 1 aliphatic heterocycles. The van der Waals surface area contributed by atoms with Crippen molar-refractivity contribution in [1.29, 1.82) is 0 Å². The van der Waals surface area contributed by atoms with Gasteiger partial charge in [-0.3, -0.25) is 5.32 Å². The number of ether oxygens (including phenoxy) is 1. The molecule has 1 N–H and O–H groups in total. The van der Waals surface area contributed by atoms with E-state index in [1.807, 2.05) is 6.07 Å². The summed E-state index contributed by atoms with van der Waals surface area (Å²) in [4.78, 5) is 0. The van der Waals surface area contributed by atoms with Crippen LogP contribution in [0.3, 0.4) is 0 Å². The molecule has 1 aliphatic rings. The number of hydrogen-bond donors (Lipinski definition) is 1. The van der Waals surface area contributed by atoms with Crippen LogP contribution in [0.15, 0.2) is 28.7 Å². The Labute approximate surface area is 98.6 Å². The fourth-order valence-electron chi connectivity index (χ4n) is 1.47. The molecule has 1 aromatic rings. The predicted molar refractivity (Wildman–Crippen MR) is 62.8 cm³/mol. The number of hydrogen-bond acceptors (Lipinski definition) is 2. The highest BCUT2D eigenvalue weighted by atomic mass is 79.9. The van der Waals surface area contributed by atoms with Crippen molar-refractivity contribution >= 4 is 28.3 Å². The maximum absolute atomic E-state index is 5.48. The topological polar surface area (TPSA) is 21.3 Å². The first-order valence-corrected chi connectivity index (χ1v) is 5.24. The summed E-state index contributed by atoms with van der Waals surface area (Å²) >= 11 is 3.52. The summed E-state index contributed by atoms with van der Waals surface area (Å²) in [5, 5.41) is 3.29. The summed E-state index contributed by atoms with van der Waals surface area (Å²) in [6.45, 7) is 1.80. The number of nitrogens with one attached hydrogen (secondary N) is 1. The summed E-state index contributed by atoms with van der Waals surface area (Å²) in [6, 6.07) is 8.25. The van der Waals surface area contributed by atoms with Gasteiger partial charge >= 0.3 is 0 Å². The van der Waals surface area contributed by atoms with Gasteiger partial charge in [-0.2, -0.15) is 0 Å². The second-order valence-corrected chi connectivity index (χ2v) is 3.96. The Morgan fingerprint density at radius 3 is 2.86 bits per heavy atom. The molecule has 1 atom stereocenters. The largest absolute Gasteiger partial charge is 0.362 e. The minimum Gasteiger partial charge on any atom is -0.362 e. The van der Waals surface area contributed by atoms with Gasteiger partial charge in [0.2, 0.25) is 0 Å². The van der Waals surface area contributed by atoms with E-state index in [1.165, 1.54) is 5.56 Å². The van der Waals surface area contributed by atoms with Gasteiger partial charge in [-0.1, -0.05) is 34.1 Å². The lowest BCUT2D eigenvalue weighted by Crippen LogP contribution is -2.24. The van der Waals surface area contributed by atoms with Crippen LogP contribution in [0, 0.1) is 0 Å². The molecule has 1 fully saturated rings. The van der Waals surface area contributed by atoms with E-state index < -0.39 is 0 Å². The van der Waals surface area contributed by atoms with Crippen LogP contribution >= 0.6 is 28.3 Å². The van der Waals surface area contributed by atoms with E-state index in [0.29, 0.717) is 0 Å². The van der Waals surface area contributed by atoms with Gasteiger partial charge in [-0.05, 0) is 11.6 Å². The molecule has 0 aliphatic carbocycles. The molecule has 78 valence electrons. The highest BCUT2D eigenvalue weighted by molar-refractivity contribution is 9.10. The first-order chi connectivity index (χ1) is 6.36. The van der Waals surface area contributed by atoms with Crippen molar-refractivity contribution in [1.82, 2.24) is 5.32 Å². The standard InChI is InChI=1S/C10H12BrNO.ClH/c11-9-4-2-1-3-8(9)7-10-12-5-6-13-10;/h1-4,10,12H,5-7H2;1H. The van der Waals surface area contributed by atoms with E-state index in [2.05, 4.69) is 39.4 Å². The van der Waals surface area contributed by atoms with E-state index in [0.717, 1.165) is 24.0 Å². The number of benzene rings is 1. The lowest BCUT2D eigenvalue weighted by Gasteiger charge is -2.10. The predicted octanol–water partition coefficient (Wildman–Crippen LogP) is 2.36. The molecule has 14 heavy (non-hydrogen) atoms. The van der Waals surface area contributed by atoms with Crippen LogP contribution in [0.2, 0.25) is 0 Å². The Hall–Kier alpha value is -0.0900. The summed E-state index contributed by atoms with van der Waals surface area (Å²) in [6.07, 6.45) is 1.13. The average molecular weight is 279 g/mol. The maximum Gasteiger partial charge on any atom is 0.112 e. The SMILES string of the molecule is Brc1ccccc1CC1NCCO1.Cl. The highest BCUT2D eigenvalue weighted by Gasteiger charge is 2.15. The van der Waals surface area contributed by atoms with Gasteiger partial charge in [0, 0.05) is 17.4 Å². The lowest BCUT2D eigenvalue weighted by atomic mass is 10.1. The number of rotatable bonds is 2. The van der Waals surface area contributed by atoms with Crippen LogP contribution in [0.5, 0.6) is 0 Å². The highest BCUT2D eigenvalue weighted by Crippen LogP contribution is 2.18. The molecule has 4 heteroatoms. The van der Waals surface area contributed by atoms with Gasteiger partial charge in [0.05, 0.1) is 6.61 Å². The van der Waals surface area contributed by atoms with Gasteiger partial charge in [0.25, 0.3) is 0 Å². The first-order valence-electron chi connectivity index (χ1n) is 4.44. The van der Waals surface area contributed by atoms with Crippen LogP contribution < -0.4 is 5.32 Å². The normalized spacial score (nSPS) is 20.5. The zero-order valence-corrected chi connectivity index (χ0v) is 10.1. The van der Waals surface area contributed by atoms with Crippen molar-refractivity contribution in [3.05, 3.63) is 34.3 Å². The molecule has 0 saturated carbocycles. The van der Waals surface area contributed by atoms with Crippen LogP contribution in [0.1, 0.15) is 5.56 Å². The zero-order valence-electron chi connectivity index (χ0n) is 7.70. The van der Waals surface area contributed by atoms with Crippen molar-refractivity contribution < 1.29 is 4.74 Å². The molecular formula is C10H13BrClNO. The second-order valence-electron chi connectivity index (χ2n) is 3.11. The van der Waals surface area contributed by atoms with Gasteiger partial charge in [0.15, 0.2) is 0 Å². The quantitative estimate of drug-likeness (QED) is 0.897. The first kappa shape index (κ1) is 12.0. The average Bonchev–Trinajstić information content (AvgIpc) is 2.61. The molecule has 1 saturated heterocycles. The maximum atomic E-state index is 5.48. The Kier molecular flexibility index (Phi) is 4.89. The third-order valence-electron chi connectivity index (χ3n) is 2.16. The van der Waals surface area contributed by atoms with Gasteiger partial charge < -0.3 is 4.74 Å². The Morgan fingerprint density at radius 2 is 2.21 bits per heavy atom. The van der Waals surface area contributed by atoms with Crippen molar-refractivity contribution in [2.75, 3.05) is 13.2 Å². The Morgan fingerprint density at radius 1 is 1.43 bits per heavy atom. The smallest absolute Gasteiger partial charge is 0.112 e. The molecule has 0 amide bonds. The van der Waals surface area contributed by atoms with Crippen LogP contribution in [-0.2, 0) is 11.2 Å². The molecule has 0 spiro atoms. The molecule has 0 bridgehead atoms. The van der Waals surface area contributed by atoms with E-state index in [4.69, 9.17) is 4.74 Å². The van der Waals surface area contributed by atoms with Crippen molar-refractivity contribution in [3.63, 3.8) is 0 Å². The van der Waals surface area contributed by atoms with Crippen molar-refractivity contribution in [3.8, 4) is 0 Å². The van der Waals surface area contributed by atoms with Crippen LogP contribution in [0.25, 0.3) is 0 Å². The fourth-order valence-corrected chi connectivity index (χ4v) is 1.92. The van der Waals surface area contributed by atoms with E-state index in [1.54, 1.807) is 0 Å². The summed E-state index contributed by atoms with van der Waals surface area (Å²) < 4.78 is 6.64. The van der Waals surface area contributed by atoms with Crippen molar-refractivity contribution in [2.24, 2.45) is 0 Å². The third kappa shape index (κ3) is 2.95. The molecule has 0 radical (unpaired) electrons. The second kappa shape index (κ2) is 5.71. The van der Waals surface area contributed by atoms with E-state index >= 15 is 0 Å². The summed E-state index contributed by atoms with van der Waals surface area (Å²) in [7, 11) is 0. The van der Waals surface area contributed by atoms with E-state index in [-0.39, 0.29) is 18.6 Å². The molecule has 1 aromatic carbocycles. The van der Waals surface area contributed by atoms with Crippen LogP contribution in [0.4, 0.5) is 0 Å². The zero-order chi connectivity index (χ0) is 9.10. The molecule has 2 nitrogen and oxygen atoms in total. The summed E-state index contributed by atoms with van der Waals surface area (Å²) in [5.74, 6) is 0. The Bertz CT molecular complexity index is 289. The van der Waals surface area contributed by atoms with E-state index in [9.17, 15) is 0 Å². The van der Waals surface area contributed by atoms with Gasteiger partial charge in [-0.15, -0.1) is 12.4 Å². The minimum atomic E-state index is 0. The van der Waals surface area contributed by atoms with Gasteiger partial charge in [0.1, 0.15) is 6.23 Å². The molecular weight excluding hydrogens is 265 g/mol. The monoisotopic (exact) mass is 277 g/mol. The number of halogens is 2. The van der Waals surface area contributed by atoms with Gasteiger partial charge in [-0.25, -0.2) is 0 Å². The van der Waals surface area contributed by atoms with Crippen molar-refractivity contribution in [2.45, 2.75) is 12.6 Å². The molecule has 2 rings (SSSR count). The fraction of sp³-hybridized carbons (Fsp3) is 0.400. The molecule has 1 heterocycles. The minimum absolute atomic E-state index is 0. The molecule has 1 unspecified atom stereocenters.